The lowest BCUT2D eigenvalue weighted by Crippen LogP contribution is -2.50. The molecule has 7 heteroatoms. The number of hydrogen-bond donors (Lipinski definition) is 0. The van der Waals surface area contributed by atoms with E-state index in [1.807, 2.05) is 23.1 Å². The number of piperidine rings is 1. The lowest BCUT2D eigenvalue weighted by atomic mass is 9.89. The molecule has 1 amide bonds. The van der Waals surface area contributed by atoms with Gasteiger partial charge in [0.1, 0.15) is 11.6 Å². The third-order valence-corrected chi connectivity index (χ3v) is 8.01. The van der Waals surface area contributed by atoms with E-state index in [0.717, 1.165) is 75.6 Å². The summed E-state index contributed by atoms with van der Waals surface area (Å²) >= 11 is 0. The van der Waals surface area contributed by atoms with E-state index >= 15 is 0 Å². The predicted molar refractivity (Wildman–Crippen MR) is 135 cm³/mol. The van der Waals surface area contributed by atoms with E-state index < -0.39 is 0 Å². The van der Waals surface area contributed by atoms with Crippen molar-refractivity contribution in [2.45, 2.75) is 51.1 Å². The van der Waals surface area contributed by atoms with Crippen molar-refractivity contribution in [1.82, 2.24) is 14.7 Å². The molecule has 0 N–H and O–H groups in total. The minimum atomic E-state index is -0.255. The lowest BCUT2D eigenvalue weighted by Gasteiger charge is -2.39. The van der Waals surface area contributed by atoms with Crippen molar-refractivity contribution in [2.75, 3.05) is 50.7 Å². The molecule has 2 unspecified atom stereocenters. The van der Waals surface area contributed by atoms with Crippen molar-refractivity contribution in [3.05, 3.63) is 59.7 Å². The number of anilines is 2. The number of fused-ring (bicyclic) bond motifs is 3. The molecule has 5 rings (SSSR count). The molecule has 188 valence electrons. The minimum Gasteiger partial charge on any atom is -0.340 e. The molecule has 3 heterocycles. The number of carbonyl (C=O) groups excluding carboxylic acids is 1. The number of hydrogen-bond acceptors (Lipinski definition) is 4. The van der Waals surface area contributed by atoms with Crippen molar-refractivity contribution < 1.29 is 13.6 Å². The summed E-state index contributed by atoms with van der Waals surface area (Å²) in [5, 5.41) is 0. The maximum absolute atomic E-state index is 14.2. The fourth-order valence-electron chi connectivity index (χ4n) is 6.08. The molecule has 35 heavy (non-hydrogen) atoms. The molecule has 0 radical (unpaired) electrons. The van der Waals surface area contributed by atoms with Crippen LogP contribution in [0.15, 0.2) is 42.5 Å². The number of halogens is 2. The Bertz CT molecular complexity index is 1040. The molecule has 2 aromatic carbocycles. The van der Waals surface area contributed by atoms with Crippen molar-refractivity contribution in [3.8, 4) is 0 Å². The Labute approximate surface area is 207 Å². The largest absolute Gasteiger partial charge is 0.340 e. The average Bonchev–Trinajstić information content (AvgIpc) is 3.17. The van der Waals surface area contributed by atoms with Gasteiger partial charge in [0.25, 0.3) is 0 Å². The molecule has 0 bridgehead atoms. The maximum Gasteiger partial charge on any atom is 0.222 e. The first-order valence-corrected chi connectivity index (χ1v) is 13.0. The smallest absolute Gasteiger partial charge is 0.222 e. The van der Waals surface area contributed by atoms with Gasteiger partial charge < -0.3 is 14.7 Å². The maximum atomic E-state index is 14.2. The fraction of sp³-hybridized carbons (Fsp3) is 0.536. The molecule has 2 aromatic rings. The van der Waals surface area contributed by atoms with E-state index in [1.165, 1.54) is 18.2 Å². The highest BCUT2D eigenvalue weighted by Crippen LogP contribution is 2.48. The van der Waals surface area contributed by atoms with Crippen LogP contribution in [-0.2, 0) is 4.79 Å². The summed E-state index contributed by atoms with van der Waals surface area (Å²) in [6.07, 6.45) is 2.38. The predicted octanol–water partition coefficient (Wildman–Crippen LogP) is 4.61. The zero-order valence-electron chi connectivity index (χ0n) is 20.8. The van der Waals surface area contributed by atoms with Crippen molar-refractivity contribution in [2.24, 2.45) is 0 Å². The Morgan fingerprint density at radius 1 is 0.971 bits per heavy atom. The Balaban J connectivity index is 1.19. The Hall–Kier alpha value is -2.51. The van der Waals surface area contributed by atoms with Gasteiger partial charge in [0.2, 0.25) is 5.91 Å². The van der Waals surface area contributed by atoms with Crippen molar-refractivity contribution in [3.63, 3.8) is 0 Å². The second-order valence-corrected chi connectivity index (χ2v) is 10.4. The number of nitrogens with zero attached hydrogens (tertiary/aromatic N) is 4. The molecule has 0 spiro atoms. The normalized spacial score (nSPS) is 23.0. The van der Waals surface area contributed by atoms with Crippen LogP contribution in [0.1, 0.15) is 44.6 Å². The molecule has 3 aliphatic rings. The second kappa shape index (κ2) is 10.2. The van der Waals surface area contributed by atoms with Gasteiger partial charge in [-0.1, -0.05) is 0 Å². The van der Waals surface area contributed by atoms with E-state index in [2.05, 4.69) is 28.5 Å². The molecule has 2 saturated heterocycles. The van der Waals surface area contributed by atoms with Gasteiger partial charge in [0.05, 0.1) is 0 Å². The van der Waals surface area contributed by atoms with Gasteiger partial charge in [0.15, 0.2) is 0 Å². The van der Waals surface area contributed by atoms with Crippen LogP contribution in [0.4, 0.5) is 20.2 Å². The number of piperazine rings is 1. The molecule has 2 atom stereocenters. The van der Waals surface area contributed by atoms with E-state index in [1.54, 1.807) is 6.07 Å². The fourth-order valence-corrected chi connectivity index (χ4v) is 6.08. The summed E-state index contributed by atoms with van der Waals surface area (Å²) < 4.78 is 27.8. The number of carbonyl (C=O) groups is 1. The third-order valence-electron chi connectivity index (χ3n) is 8.01. The first kappa shape index (κ1) is 24.2. The van der Waals surface area contributed by atoms with Crippen LogP contribution in [-0.4, -0.2) is 78.5 Å². The lowest BCUT2D eigenvalue weighted by molar-refractivity contribution is -0.133. The number of benzene rings is 2. The van der Waals surface area contributed by atoms with Gasteiger partial charge >= 0.3 is 0 Å². The Morgan fingerprint density at radius 2 is 1.69 bits per heavy atom. The molecule has 2 fully saturated rings. The monoisotopic (exact) mass is 482 g/mol. The number of amides is 1. The van der Waals surface area contributed by atoms with Gasteiger partial charge in [-0.05, 0) is 81.3 Å². The highest BCUT2D eigenvalue weighted by Gasteiger charge is 2.42. The first-order chi connectivity index (χ1) is 16.9. The van der Waals surface area contributed by atoms with Crippen LogP contribution in [0.25, 0.3) is 0 Å². The molecule has 0 aliphatic carbocycles. The standard InChI is InChI=1S/C28H36F2N4O/c1-20(2)32-14-16-33(17-15-32)28(35)4-3-12-31-13-11-27-25(19-31)24-18-22(30)7-10-26(24)34(27)23-8-5-21(29)6-9-23/h5-10,18,20,25,27H,3-4,11-17,19H2,1-2H3. The van der Waals surface area contributed by atoms with Crippen LogP contribution < -0.4 is 4.90 Å². The van der Waals surface area contributed by atoms with E-state index in [-0.39, 0.29) is 29.5 Å². The van der Waals surface area contributed by atoms with Gasteiger partial charge in [-0.25, -0.2) is 8.78 Å². The van der Waals surface area contributed by atoms with Crippen molar-refractivity contribution >= 4 is 17.3 Å². The minimum absolute atomic E-state index is 0.194. The molecule has 0 aromatic heterocycles. The summed E-state index contributed by atoms with van der Waals surface area (Å²) in [7, 11) is 0. The van der Waals surface area contributed by atoms with E-state index in [0.29, 0.717) is 12.5 Å². The molecule has 3 aliphatic heterocycles. The highest BCUT2D eigenvalue weighted by atomic mass is 19.1. The molecular weight excluding hydrogens is 446 g/mol. The summed E-state index contributed by atoms with van der Waals surface area (Å²) in [6.45, 7) is 10.6. The Kier molecular flexibility index (Phi) is 7.07. The van der Waals surface area contributed by atoms with Crippen LogP contribution in [0.3, 0.4) is 0 Å². The number of rotatable bonds is 6. The van der Waals surface area contributed by atoms with Gasteiger partial charge in [-0.3, -0.25) is 9.69 Å². The third kappa shape index (κ3) is 5.07. The van der Waals surface area contributed by atoms with E-state index in [9.17, 15) is 13.6 Å². The zero-order valence-corrected chi connectivity index (χ0v) is 20.8. The van der Waals surface area contributed by atoms with E-state index in [4.69, 9.17) is 0 Å². The SMILES string of the molecule is CC(C)N1CCN(C(=O)CCCN2CCC3C(C2)c2cc(F)ccc2N3c2ccc(F)cc2)CC1. The van der Waals surface area contributed by atoms with Crippen LogP contribution >= 0.6 is 0 Å². The topological polar surface area (TPSA) is 30.0 Å². The summed E-state index contributed by atoms with van der Waals surface area (Å²) in [4.78, 5) is 21.9. The second-order valence-electron chi connectivity index (χ2n) is 10.4. The molecule has 0 saturated carbocycles. The Morgan fingerprint density at radius 3 is 2.40 bits per heavy atom. The highest BCUT2D eigenvalue weighted by molar-refractivity contribution is 5.76. The summed E-state index contributed by atoms with van der Waals surface area (Å²) in [5.74, 6) is -0.0166. The molecular formula is C28H36F2N4O. The molecule has 5 nitrogen and oxygen atoms in total. The van der Waals surface area contributed by atoms with Gasteiger partial charge in [0, 0.05) is 75.1 Å². The quantitative estimate of drug-likeness (QED) is 0.602. The summed E-state index contributed by atoms with van der Waals surface area (Å²) in [5.41, 5.74) is 3.00. The van der Waals surface area contributed by atoms with Crippen LogP contribution in [0.5, 0.6) is 0 Å². The van der Waals surface area contributed by atoms with Crippen molar-refractivity contribution in [1.29, 1.82) is 0 Å². The van der Waals surface area contributed by atoms with Gasteiger partial charge in [-0.2, -0.15) is 0 Å². The van der Waals surface area contributed by atoms with Crippen LogP contribution in [0.2, 0.25) is 0 Å². The van der Waals surface area contributed by atoms with Gasteiger partial charge in [-0.15, -0.1) is 0 Å². The number of likely N-dealkylation sites (tertiary alicyclic amines) is 1. The average molecular weight is 483 g/mol. The first-order valence-electron chi connectivity index (χ1n) is 13.0. The van der Waals surface area contributed by atoms with Crippen LogP contribution in [0, 0.1) is 11.6 Å². The summed E-state index contributed by atoms with van der Waals surface area (Å²) in [6, 6.07) is 12.4. The zero-order chi connectivity index (χ0) is 24.5.